The maximum atomic E-state index is 14.0. The van der Waals surface area contributed by atoms with E-state index in [1.807, 2.05) is 0 Å². The molecule has 0 heterocycles. The van der Waals surface area contributed by atoms with Crippen LogP contribution in [0.15, 0.2) is 12.1 Å². The first-order chi connectivity index (χ1) is 12.7. The molecule has 144 valence electrons. The summed E-state index contributed by atoms with van der Waals surface area (Å²) >= 11 is 0. The van der Waals surface area contributed by atoms with Gasteiger partial charge in [-0.3, -0.25) is 0 Å². The minimum atomic E-state index is -1.01. The Kier molecular flexibility index (Phi) is 9.05. The van der Waals surface area contributed by atoms with Gasteiger partial charge in [-0.2, -0.15) is 5.26 Å². The fourth-order valence-corrected chi connectivity index (χ4v) is 3.77. The Morgan fingerprint density at radius 2 is 1.77 bits per heavy atom. The standard InChI is InChI=1S/C22H31F2NO/c1-2-3-4-5-6-15-26-20-13-8-17(9-14-20)7-10-18-11-12-19(16-25)22(24)21(18)23/h11-12,17,20H,2-10,13-15H2,1H3. The average Bonchev–Trinajstić information content (AvgIpc) is 2.67. The minimum Gasteiger partial charge on any atom is -0.378 e. The van der Waals surface area contributed by atoms with E-state index >= 15 is 0 Å². The van der Waals surface area contributed by atoms with E-state index in [0.717, 1.165) is 45.1 Å². The van der Waals surface area contributed by atoms with Gasteiger partial charge in [0.05, 0.1) is 11.7 Å². The van der Waals surface area contributed by atoms with Gasteiger partial charge in [-0.25, -0.2) is 8.78 Å². The summed E-state index contributed by atoms with van der Waals surface area (Å²) in [5.74, 6) is -1.32. The topological polar surface area (TPSA) is 33.0 Å². The number of benzene rings is 1. The molecule has 0 spiro atoms. The van der Waals surface area contributed by atoms with E-state index in [-0.39, 0.29) is 5.56 Å². The van der Waals surface area contributed by atoms with Crippen LogP contribution in [0.4, 0.5) is 8.78 Å². The lowest BCUT2D eigenvalue weighted by Crippen LogP contribution is -2.22. The second-order valence-corrected chi connectivity index (χ2v) is 7.48. The highest BCUT2D eigenvalue weighted by Gasteiger charge is 2.22. The lowest BCUT2D eigenvalue weighted by molar-refractivity contribution is 0.0153. The van der Waals surface area contributed by atoms with Crippen molar-refractivity contribution < 1.29 is 13.5 Å². The molecule has 0 aromatic heterocycles. The Balaban J connectivity index is 1.65. The fourth-order valence-electron chi connectivity index (χ4n) is 3.77. The van der Waals surface area contributed by atoms with Crippen LogP contribution in [0.25, 0.3) is 0 Å². The van der Waals surface area contributed by atoms with E-state index in [9.17, 15) is 8.78 Å². The lowest BCUT2D eigenvalue weighted by atomic mass is 9.83. The van der Waals surface area contributed by atoms with E-state index in [4.69, 9.17) is 10.00 Å². The van der Waals surface area contributed by atoms with Gasteiger partial charge >= 0.3 is 0 Å². The van der Waals surface area contributed by atoms with Crippen molar-refractivity contribution in [2.45, 2.75) is 83.7 Å². The van der Waals surface area contributed by atoms with Crippen molar-refractivity contribution in [3.05, 3.63) is 34.9 Å². The number of rotatable bonds is 10. The molecule has 0 amide bonds. The van der Waals surface area contributed by atoms with Crippen LogP contribution in [0.5, 0.6) is 0 Å². The van der Waals surface area contributed by atoms with Crippen LogP contribution >= 0.6 is 0 Å². The van der Waals surface area contributed by atoms with Gasteiger partial charge in [0, 0.05) is 6.61 Å². The van der Waals surface area contributed by atoms with Gasteiger partial charge in [-0.1, -0.05) is 38.7 Å². The molecule has 1 saturated carbocycles. The number of halogens is 2. The number of hydrogen-bond acceptors (Lipinski definition) is 2. The molecule has 0 aliphatic heterocycles. The summed E-state index contributed by atoms with van der Waals surface area (Å²) in [7, 11) is 0. The molecule has 0 unspecified atom stereocenters. The highest BCUT2D eigenvalue weighted by atomic mass is 19.2. The van der Waals surface area contributed by atoms with Crippen molar-refractivity contribution >= 4 is 0 Å². The quantitative estimate of drug-likeness (QED) is 0.456. The van der Waals surface area contributed by atoms with E-state index in [2.05, 4.69) is 6.92 Å². The maximum Gasteiger partial charge on any atom is 0.176 e. The fraction of sp³-hybridized carbons (Fsp3) is 0.682. The zero-order valence-corrected chi connectivity index (χ0v) is 15.9. The number of ether oxygens (including phenoxy) is 1. The molecule has 1 aliphatic carbocycles. The van der Waals surface area contributed by atoms with E-state index < -0.39 is 11.6 Å². The first-order valence-electron chi connectivity index (χ1n) is 10.1. The molecule has 1 aromatic carbocycles. The first kappa shape index (κ1) is 20.8. The SMILES string of the molecule is CCCCCCCOC1CCC(CCc2ccc(C#N)c(F)c2F)CC1. The predicted molar refractivity (Wildman–Crippen MR) is 99.9 cm³/mol. The third kappa shape index (κ3) is 6.36. The largest absolute Gasteiger partial charge is 0.378 e. The highest BCUT2D eigenvalue weighted by molar-refractivity contribution is 5.34. The van der Waals surface area contributed by atoms with Crippen LogP contribution in [0, 0.1) is 28.9 Å². The first-order valence-corrected chi connectivity index (χ1v) is 10.1. The molecule has 2 rings (SSSR count). The summed E-state index contributed by atoms with van der Waals surface area (Å²) in [6.07, 6.45) is 12.4. The molecule has 26 heavy (non-hydrogen) atoms. The van der Waals surface area contributed by atoms with Gasteiger partial charge in [0.15, 0.2) is 11.6 Å². The van der Waals surface area contributed by atoms with Gasteiger partial charge in [0.25, 0.3) is 0 Å². The number of hydrogen-bond donors (Lipinski definition) is 0. The molecular formula is C22H31F2NO. The van der Waals surface area contributed by atoms with Gasteiger partial charge in [0.2, 0.25) is 0 Å². The van der Waals surface area contributed by atoms with Crippen LogP contribution in [-0.4, -0.2) is 12.7 Å². The van der Waals surface area contributed by atoms with E-state index in [0.29, 0.717) is 24.0 Å². The molecule has 1 aromatic rings. The van der Waals surface area contributed by atoms with Gasteiger partial charge in [0.1, 0.15) is 6.07 Å². The molecule has 0 N–H and O–H groups in total. The third-order valence-corrected chi connectivity index (χ3v) is 5.50. The monoisotopic (exact) mass is 363 g/mol. The summed E-state index contributed by atoms with van der Waals surface area (Å²) in [6, 6.07) is 4.60. The van der Waals surface area contributed by atoms with Crippen molar-refractivity contribution in [2.24, 2.45) is 5.92 Å². The van der Waals surface area contributed by atoms with E-state index in [1.165, 1.54) is 31.7 Å². The van der Waals surface area contributed by atoms with Gasteiger partial charge in [-0.15, -0.1) is 0 Å². The summed E-state index contributed by atoms with van der Waals surface area (Å²) < 4.78 is 33.6. The van der Waals surface area contributed by atoms with Crippen molar-refractivity contribution in [2.75, 3.05) is 6.61 Å². The number of nitriles is 1. The van der Waals surface area contributed by atoms with Crippen LogP contribution in [-0.2, 0) is 11.2 Å². The number of unbranched alkanes of at least 4 members (excludes halogenated alkanes) is 4. The maximum absolute atomic E-state index is 14.0. The van der Waals surface area contributed by atoms with Crippen molar-refractivity contribution in [1.29, 1.82) is 5.26 Å². The van der Waals surface area contributed by atoms with Crippen LogP contribution < -0.4 is 0 Å². The number of nitrogens with zero attached hydrogens (tertiary/aromatic N) is 1. The Hall–Kier alpha value is -1.47. The minimum absolute atomic E-state index is 0.224. The molecule has 0 saturated heterocycles. The third-order valence-electron chi connectivity index (χ3n) is 5.50. The summed E-state index contributed by atoms with van der Waals surface area (Å²) in [5.41, 5.74) is 0.158. The van der Waals surface area contributed by atoms with Crippen LogP contribution in [0.1, 0.15) is 82.3 Å². The summed E-state index contributed by atoms with van der Waals surface area (Å²) in [4.78, 5) is 0. The average molecular weight is 363 g/mol. The smallest absolute Gasteiger partial charge is 0.176 e. The van der Waals surface area contributed by atoms with E-state index in [1.54, 1.807) is 12.1 Å². The predicted octanol–water partition coefficient (Wildman–Crippen LogP) is 6.31. The second kappa shape index (κ2) is 11.3. The molecule has 0 atom stereocenters. The summed E-state index contributed by atoms with van der Waals surface area (Å²) in [6.45, 7) is 3.09. The Bertz CT molecular complexity index is 589. The van der Waals surface area contributed by atoms with Gasteiger partial charge < -0.3 is 4.74 Å². The van der Waals surface area contributed by atoms with Crippen molar-refractivity contribution in [1.82, 2.24) is 0 Å². The molecule has 4 heteroatoms. The zero-order valence-electron chi connectivity index (χ0n) is 15.9. The summed E-state index contributed by atoms with van der Waals surface area (Å²) in [5, 5.41) is 8.74. The lowest BCUT2D eigenvalue weighted by Gasteiger charge is -2.28. The Morgan fingerprint density at radius 3 is 2.46 bits per heavy atom. The molecule has 1 aliphatic rings. The molecule has 0 radical (unpaired) electrons. The molecule has 2 nitrogen and oxygen atoms in total. The van der Waals surface area contributed by atoms with Crippen LogP contribution in [0.3, 0.4) is 0 Å². The second-order valence-electron chi connectivity index (χ2n) is 7.48. The van der Waals surface area contributed by atoms with Gasteiger partial charge in [-0.05, 0) is 62.5 Å². The highest BCUT2D eigenvalue weighted by Crippen LogP contribution is 2.30. The normalized spacial score (nSPS) is 20.1. The van der Waals surface area contributed by atoms with Crippen LogP contribution in [0.2, 0.25) is 0 Å². The Labute approximate surface area is 156 Å². The molecule has 0 bridgehead atoms. The van der Waals surface area contributed by atoms with Crippen molar-refractivity contribution in [3.63, 3.8) is 0 Å². The van der Waals surface area contributed by atoms with Crippen molar-refractivity contribution in [3.8, 4) is 6.07 Å². The number of aryl methyl sites for hydroxylation is 1. The molecular weight excluding hydrogens is 332 g/mol. The zero-order chi connectivity index (χ0) is 18.8. The Morgan fingerprint density at radius 1 is 1.04 bits per heavy atom. The molecule has 1 fully saturated rings.